The minimum atomic E-state index is -0.220. The maximum atomic E-state index is 8.82. The van der Waals surface area contributed by atoms with E-state index in [4.69, 9.17) is 10.00 Å². The van der Waals surface area contributed by atoms with Gasteiger partial charge in [-0.25, -0.2) is 0 Å². The maximum absolute atomic E-state index is 8.82. The second-order valence-electron chi connectivity index (χ2n) is 4.19. The highest BCUT2D eigenvalue weighted by atomic mass is 16.5. The molecule has 0 aliphatic carbocycles. The summed E-state index contributed by atoms with van der Waals surface area (Å²) in [6, 6.07) is 2.31. The lowest BCUT2D eigenvalue weighted by Gasteiger charge is -2.27. The highest BCUT2D eigenvalue weighted by Crippen LogP contribution is 2.27. The average Bonchev–Trinajstić information content (AvgIpc) is 2.06. The Hall–Kier alpha value is -0.550. The predicted molar refractivity (Wildman–Crippen MR) is 47.6 cm³/mol. The van der Waals surface area contributed by atoms with Crippen molar-refractivity contribution in [3.05, 3.63) is 0 Å². The van der Waals surface area contributed by atoms with Crippen molar-refractivity contribution < 1.29 is 4.74 Å². The molecule has 0 saturated carbocycles. The molecule has 0 bridgehead atoms. The molecule has 0 aromatic rings. The van der Waals surface area contributed by atoms with Crippen LogP contribution in [0.25, 0.3) is 0 Å². The first-order valence-electron chi connectivity index (χ1n) is 4.67. The van der Waals surface area contributed by atoms with Gasteiger partial charge in [0.05, 0.1) is 17.6 Å². The Morgan fingerprint density at radius 2 is 2.25 bits per heavy atom. The lowest BCUT2D eigenvalue weighted by molar-refractivity contribution is -0.00247. The van der Waals surface area contributed by atoms with E-state index in [2.05, 4.69) is 6.07 Å². The van der Waals surface area contributed by atoms with Crippen molar-refractivity contribution in [2.45, 2.75) is 45.6 Å². The predicted octanol–water partition coefficient (Wildman–Crippen LogP) is 2.50. The Morgan fingerprint density at radius 1 is 1.50 bits per heavy atom. The van der Waals surface area contributed by atoms with E-state index in [9.17, 15) is 0 Å². The van der Waals surface area contributed by atoms with E-state index in [0.29, 0.717) is 6.10 Å². The molecular weight excluding hydrogens is 150 g/mol. The quantitative estimate of drug-likeness (QED) is 0.633. The zero-order valence-electron chi connectivity index (χ0n) is 7.97. The fourth-order valence-electron chi connectivity index (χ4n) is 1.58. The minimum Gasteiger partial charge on any atom is -0.378 e. The molecule has 1 saturated heterocycles. The molecule has 0 N–H and O–H groups in total. The van der Waals surface area contributed by atoms with Gasteiger partial charge in [0, 0.05) is 6.61 Å². The van der Waals surface area contributed by atoms with Crippen molar-refractivity contribution in [1.82, 2.24) is 0 Å². The molecule has 1 atom stereocenters. The topological polar surface area (TPSA) is 33.0 Å². The molecule has 0 spiro atoms. The Labute approximate surface area is 74.5 Å². The van der Waals surface area contributed by atoms with E-state index in [1.165, 1.54) is 12.8 Å². The Balaban J connectivity index is 2.35. The summed E-state index contributed by atoms with van der Waals surface area (Å²) in [6.07, 6.45) is 4.78. The summed E-state index contributed by atoms with van der Waals surface area (Å²) in [6.45, 7) is 4.84. The molecule has 0 aromatic carbocycles. The number of hydrogen-bond acceptors (Lipinski definition) is 2. The molecule has 1 rings (SSSR count). The molecular formula is C10H17NO. The molecule has 68 valence electrons. The third-order valence-corrected chi connectivity index (χ3v) is 2.31. The van der Waals surface area contributed by atoms with E-state index >= 15 is 0 Å². The molecule has 2 nitrogen and oxygen atoms in total. The largest absolute Gasteiger partial charge is 0.378 e. The summed E-state index contributed by atoms with van der Waals surface area (Å²) in [5.74, 6) is 0. The van der Waals surface area contributed by atoms with Gasteiger partial charge in [0.25, 0.3) is 0 Å². The molecule has 0 radical (unpaired) electrons. The second kappa shape index (κ2) is 3.91. The summed E-state index contributed by atoms with van der Waals surface area (Å²) in [5.41, 5.74) is -0.220. The van der Waals surface area contributed by atoms with Crippen LogP contribution in [0.4, 0.5) is 0 Å². The number of nitriles is 1. The molecule has 2 heteroatoms. The highest BCUT2D eigenvalue weighted by molar-refractivity contribution is 4.93. The summed E-state index contributed by atoms with van der Waals surface area (Å²) < 4.78 is 5.56. The van der Waals surface area contributed by atoms with Crippen LogP contribution in [0.15, 0.2) is 0 Å². The Morgan fingerprint density at radius 3 is 2.75 bits per heavy atom. The molecule has 1 aliphatic rings. The molecule has 1 aliphatic heterocycles. The third kappa shape index (κ3) is 2.83. The average molecular weight is 167 g/mol. The van der Waals surface area contributed by atoms with E-state index in [1.54, 1.807) is 0 Å². The Kier molecular flexibility index (Phi) is 3.11. The van der Waals surface area contributed by atoms with Gasteiger partial charge in [0.2, 0.25) is 0 Å². The van der Waals surface area contributed by atoms with Crippen LogP contribution in [-0.2, 0) is 4.74 Å². The van der Waals surface area contributed by atoms with E-state index in [-0.39, 0.29) is 5.41 Å². The van der Waals surface area contributed by atoms with Crippen molar-refractivity contribution in [2.75, 3.05) is 6.61 Å². The van der Waals surface area contributed by atoms with Gasteiger partial charge in [-0.1, -0.05) is 0 Å². The van der Waals surface area contributed by atoms with Crippen LogP contribution in [-0.4, -0.2) is 12.7 Å². The van der Waals surface area contributed by atoms with Gasteiger partial charge < -0.3 is 4.74 Å². The monoisotopic (exact) mass is 167 g/mol. The molecule has 1 fully saturated rings. The lowest BCUT2D eigenvalue weighted by Crippen LogP contribution is -2.25. The molecule has 12 heavy (non-hydrogen) atoms. The van der Waals surface area contributed by atoms with Crippen LogP contribution in [0, 0.1) is 16.7 Å². The van der Waals surface area contributed by atoms with Crippen LogP contribution in [0.1, 0.15) is 39.5 Å². The zero-order valence-corrected chi connectivity index (χ0v) is 7.97. The second-order valence-corrected chi connectivity index (χ2v) is 4.19. The number of nitrogens with zero attached hydrogens (tertiary/aromatic N) is 1. The standard InChI is InChI=1S/C10H17NO/c1-10(2,8-11)7-9-5-3-4-6-12-9/h9H,3-7H2,1-2H3/t9-/m0/s1. The van der Waals surface area contributed by atoms with Gasteiger partial charge in [0.15, 0.2) is 0 Å². The first kappa shape index (κ1) is 9.54. The third-order valence-electron chi connectivity index (χ3n) is 2.31. The van der Waals surface area contributed by atoms with E-state index in [0.717, 1.165) is 19.4 Å². The fourth-order valence-corrected chi connectivity index (χ4v) is 1.58. The summed E-state index contributed by atoms with van der Waals surface area (Å²) in [7, 11) is 0. The normalized spacial score (nSPS) is 24.9. The van der Waals surface area contributed by atoms with E-state index in [1.807, 2.05) is 13.8 Å². The fraction of sp³-hybridized carbons (Fsp3) is 0.900. The summed E-state index contributed by atoms with van der Waals surface area (Å²) in [4.78, 5) is 0. The van der Waals surface area contributed by atoms with Gasteiger partial charge in [-0.3, -0.25) is 0 Å². The van der Waals surface area contributed by atoms with Crippen LogP contribution < -0.4 is 0 Å². The summed E-state index contributed by atoms with van der Waals surface area (Å²) in [5, 5.41) is 8.82. The van der Waals surface area contributed by atoms with Gasteiger partial charge in [-0.15, -0.1) is 0 Å². The van der Waals surface area contributed by atoms with Gasteiger partial charge in [0.1, 0.15) is 0 Å². The smallest absolute Gasteiger partial charge is 0.0684 e. The Bertz CT molecular complexity index is 175. The van der Waals surface area contributed by atoms with Crippen molar-refractivity contribution in [2.24, 2.45) is 5.41 Å². The molecule has 0 unspecified atom stereocenters. The van der Waals surface area contributed by atoms with Crippen molar-refractivity contribution in [1.29, 1.82) is 5.26 Å². The minimum absolute atomic E-state index is 0.220. The van der Waals surface area contributed by atoms with Crippen LogP contribution in [0.2, 0.25) is 0 Å². The van der Waals surface area contributed by atoms with Crippen molar-refractivity contribution in [3.63, 3.8) is 0 Å². The zero-order chi connectivity index (χ0) is 9.03. The maximum Gasteiger partial charge on any atom is 0.0684 e. The summed E-state index contributed by atoms with van der Waals surface area (Å²) >= 11 is 0. The van der Waals surface area contributed by atoms with Crippen LogP contribution >= 0.6 is 0 Å². The SMILES string of the molecule is CC(C)(C#N)C[C@@H]1CCCCO1. The first-order valence-corrected chi connectivity index (χ1v) is 4.67. The number of ether oxygens (including phenoxy) is 1. The van der Waals surface area contributed by atoms with E-state index < -0.39 is 0 Å². The highest BCUT2D eigenvalue weighted by Gasteiger charge is 2.24. The van der Waals surface area contributed by atoms with Crippen molar-refractivity contribution in [3.8, 4) is 6.07 Å². The van der Waals surface area contributed by atoms with Crippen LogP contribution in [0.3, 0.4) is 0 Å². The van der Waals surface area contributed by atoms with Gasteiger partial charge in [-0.2, -0.15) is 5.26 Å². The number of hydrogen-bond donors (Lipinski definition) is 0. The van der Waals surface area contributed by atoms with Gasteiger partial charge >= 0.3 is 0 Å². The lowest BCUT2D eigenvalue weighted by atomic mass is 9.86. The molecule has 0 aromatic heterocycles. The van der Waals surface area contributed by atoms with Crippen molar-refractivity contribution >= 4 is 0 Å². The van der Waals surface area contributed by atoms with Gasteiger partial charge in [-0.05, 0) is 39.5 Å². The molecule has 1 heterocycles. The van der Waals surface area contributed by atoms with Crippen LogP contribution in [0.5, 0.6) is 0 Å². The first-order chi connectivity index (χ1) is 5.64. The number of rotatable bonds is 2. The molecule has 0 amide bonds.